The van der Waals surface area contributed by atoms with E-state index in [2.05, 4.69) is 110 Å². The van der Waals surface area contributed by atoms with Gasteiger partial charge < -0.3 is 24.0 Å². The SMILES string of the molecule is CC/C=C\C/C=C\C/C=C\C/C=C\C/C=C\CCCCCC(=O)O[C@H](COC(=O)CCC/C=C\C/C=C\C/C=C\C/C=C\CCC[C@@H](C)O)COP(=O)(O)OCC[N+](C)(C)C. The van der Waals surface area contributed by atoms with Gasteiger partial charge in [-0.25, -0.2) is 4.57 Å². The molecule has 11 heteroatoms. The molecule has 0 heterocycles. The number of quaternary nitrogens is 1. The highest BCUT2D eigenvalue weighted by atomic mass is 31.2. The van der Waals surface area contributed by atoms with Crippen molar-refractivity contribution in [3.63, 3.8) is 0 Å². The van der Waals surface area contributed by atoms with E-state index in [1.165, 1.54) is 0 Å². The number of phosphoric acid groups is 1. The molecule has 0 saturated carbocycles. The monoisotopic (exact) mass is 873 g/mol. The maximum atomic E-state index is 12.7. The van der Waals surface area contributed by atoms with Crippen LogP contribution in [-0.4, -0.2) is 86.1 Å². The summed E-state index contributed by atoms with van der Waals surface area (Å²) >= 11 is 0. The Bertz CT molecular complexity index is 1420. The fraction of sp³-hybridized carbons (Fsp3) is 0.600. The molecule has 10 nitrogen and oxygen atoms in total. The zero-order valence-electron chi connectivity index (χ0n) is 38.5. The molecule has 61 heavy (non-hydrogen) atoms. The number of aliphatic hydroxyl groups is 1. The Morgan fingerprint density at radius 1 is 0.574 bits per heavy atom. The van der Waals surface area contributed by atoms with Gasteiger partial charge in [0.2, 0.25) is 0 Å². The summed E-state index contributed by atoms with van der Waals surface area (Å²) in [4.78, 5) is 35.4. The topological polar surface area (TPSA) is 129 Å². The van der Waals surface area contributed by atoms with Gasteiger partial charge in [0, 0.05) is 12.8 Å². The van der Waals surface area contributed by atoms with Crippen LogP contribution >= 0.6 is 7.82 Å². The second kappa shape index (κ2) is 40.7. The van der Waals surface area contributed by atoms with E-state index in [1.807, 2.05) is 34.1 Å². The molecule has 346 valence electrons. The van der Waals surface area contributed by atoms with Crippen LogP contribution in [-0.2, 0) is 32.7 Å². The smallest absolute Gasteiger partial charge is 0.462 e. The predicted molar refractivity (Wildman–Crippen MR) is 253 cm³/mol. The van der Waals surface area contributed by atoms with Gasteiger partial charge in [0.05, 0.1) is 33.9 Å². The van der Waals surface area contributed by atoms with Crippen molar-refractivity contribution in [1.29, 1.82) is 0 Å². The molecule has 0 aromatic rings. The van der Waals surface area contributed by atoms with Gasteiger partial charge in [0.15, 0.2) is 6.10 Å². The molecule has 2 N–H and O–H groups in total. The molecule has 0 radical (unpaired) electrons. The minimum absolute atomic E-state index is 0.00419. The van der Waals surface area contributed by atoms with Crippen LogP contribution in [0.1, 0.15) is 136 Å². The zero-order valence-corrected chi connectivity index (χ0v) is 39.4. The zero-order chi connectivity index (χ0) is 45.1. The van der Waals surface area contributed by atoms with Gasteiger partial charge >= 0.3 is 19.8 Å². The molecule has 0 bridgehead atoms. The lowest BCUT2D eigenvalue weighted by molar-refractivity contribution is -0.870. The van der Waals surface area contributed by atoms with Crippen LogP contribution in [0.25, 0.3) is 0 Å². The Labute approximate surface area is 370 Å². The number of nitrogens with zero attached hydrogens (tertiary/aromatic N) is 1. The number of unbranched alkanes of at least 4 members (excludes halogenated alkanes) is 5. The van der Waals surface area contributed by atoms with Crippen LogP contribution < -0.4 is 0 Å². The number of carbonyl (C=O) groups is 2. The molecule has 0 aliphatic rings. The van der Waals surface area contributed by atoms with Crippen LogP contribution in [0.5, 0.6) is 0 Å². The Kier molecular flexibility index (Phi) is 38.4. The summed E-state index contributed by atoms with van der Waals surface area (Å²) < 4.78 is 34.2. The Balaban J connectivity index is 4.53. The van der Waals surface area contributed by atoms with Gasteiger partial charge in [0.1, 0.15) is 19.8 Å². The molecule has 0 aromatic carbocycles. The number of esters is 2. The minimum atomic E-state index is -4.41. The van der Waals surface area contributed by atoms with E-state index in [-0.39, 0.29) is 32.2 Å². The van der Waals surface area contributed by atoms with Crippen LogP contribution in [0.3, 0.4) is 0 Å². The minimum Gasteiger partial charge on any atom is -0.462 e. The van der Waals surface area contributed by atoms with Crippen molar-refractivity contribution in [3.8, 4) is 0 Å². The Morgan fingerprint density at radius 3 is 1.49 bits per heavy atom. The number of phosphoric ester groups is 1. The van der Waals surface area contributed by atoms with E-state index in [4.69, 9.17) is 18.5 Å². The van der Waals surface area contributed by atoms with Gasteiger partial charge in [0.25, 0.3) is 0 Å². The van der Waals surface area contributed by atoms with E-state index in [0.29, 0.717) is 30.3 Å². The predicted octanol–water partition coefficient (Wildman–Crippen LogP) is 12.1. The summed E-state index contributed by atoms with van der Waals surface area (Å²) in [5.74, 6) is -0.932. The highest BCUT2D eigenvalue weighted by Gasteiger charge is 2.27. The molecule has 0 aliphatic carbocycles. The van der Waals surface area contributed by atoms with Gasteiger partial charge in [-0.15, -0.1) is 0 Å². The quantitative estimate of drug-likeness (QED) is 0.0204. The highest BCUT2D eigenvalue weighted by Crippen LogP contribution is 2.43. The highest BCUT2D eigenvalue weighted by molar-refractivity contribution is 7.47. The third kappa shape index (κ3) is 46.0. The van der Waals surface area contributed by atoms with Crippen LogP contribution in [0.4, 0.5) is 0 Å². The first-order chi connectivity index (χ1) is 29.3. The lowest BCUT2D eigenvalue weighted by atomic mass is 10.1. The van der Waals surface area contributed by atoms with Crippen molar-refractivity contribution in [3.05, 3.63) is 109 Å². The average Bonchev–Trinajstić information content (AvgIpc) is 3.20. The molecular weight excluding hydrogens is 790 g/mol. The van der Waals surface area contributed by atoms with Crippen LogP contribution in [0.2, 0.25) is 0 Å². The van der Waals surface area contributed by atoms with Crippen molar-refractivity contribution in [2.24, 2.45) is 0 Å². The first-order valence-electron chi connectivity index (χ1n) is 22.6. The van der Waals surface area contributed by atoms with E-state index in [0.717, 1.165) is 89.9 Å². The summed E-state index contributed by atoms with van der Waals surface area (Å²) in [6, 6.07) is 0. The van der Waals surface area contributed by atoms with Gasteiger partial charge in [-0.3, -0.25) is 18.6 Å². The number of ether oxygens (including phenoxy) is 2. The van der Waals surface area contributed by atoms with Gasteiger partial charge in [-0.05, 0) is 110 Å². The normalized spacial score (nSPS) is 15.1. The second-order valence-corrected chi connectivity index (χ2v) is 17.4. The number of hydrogen-bond acceptors (Lipinski definition) is 8. The largest absolute Gasteiger partial charge is 0.472 e. The van der Waals surface area contributed by atoms with Crippen molar-refractivity contribution in [2.75, 3.05) is 47.5 Å². The molecule has 0 fully saturated rings. The summed E-state index contributed by atoms with van der Waals surface area (Å²) in [5.41, 5.74) is 0. The van der Waals surface area contributed by atoms with Crippen molar-refractivity contribution in [2.45, 2.75) is 148 Å². The number of likely N-dealkylation sites (N-methyl/N-ethyl adjacent to an activating group) is 1. The summed E-state index contributed by atoms with van der Waals surface area (Å²) in [7, 11) is 1.38. The second-order valence-electron chi connectivity index (χ2n) is 16.0. The molecule has 0 spiro atoms. The van der Waals surface area contributed by atoms with Crippen molar-refractivity contribution in [1.82, 2.24) is 0 Å². The van der Waals surface area contributed by atoms with Crippen LogP contribution in [0.15, 0.2) is 109 Å². The third-order valence-corrected chi connectivity index (χ3v) is 9.79. The number of hydrogen-bond donors (Lipinski definition) is 2. The van der Waals surface area contributed by atoms with Gasteiger partial charge in [-0.2, -0.15) is 0 Å². The molecule has 1 unspecified atom stereocenters. The summed E-state index contributed by atoms with van der Waals surface area (Å²) in [5, 5.41) is 9.28. The number of carbonyl (C=O) groups excluding carboxylic acids is 2. The van der Waals surface area contributed by atoms with Gasteiger partial charge in [-0.1, -0.05) is 123 Å². The number of allylic oxidation sites excluding steroid dienone is 18. The molecule has 0 rings (SSSR count). The number of rotatable bonds is 39. The first-order valence-corrected chi connectivity index (χ1v) is 24.1. The molecule has 0 aromatic heterocycles. The van der Waals surface area contributed by atoms with E-state index >= 15 is 0 Å². The van der Waals surface area contributed by atoms with E-state index < -0.39 is 32.5 Å². The van der Waals surface area contributed by atoms with Crippen LogP contribution in [0, 0.1) is 0 Å². The van der Waals surface area contributed by atoms with Crippen molar-refractivity contribution < 1.29 is 47.2 Å². The number of aliphatic hydroxyl groups excluding tert-OH is 1. The maximum absolute atomic E-state index is 12.7. The average molecular weight is 873 g/mol. The summed E-state index contributed by atoms with van der Waals surface area (Å²) in [6.07, 6.45) is 52.8. The first kappa shape index (κ1) is 57.6. The fourth-order valence-corrected chi connectivity index (χ4v) is 6.03. The summed E-state index contributed by atoms with van der Waals surface area (Å²) in [6.45, 7) is 3.71. The van der Waals surface area contributed by atoms with Crippen molar-refractivity contribution >= 4 is 19.8 Å². The third-order valence-electron chi connectivity index (χ3n) is 8.81. The van der Waals surface area contributed by atoms with E-state index in [1.54, 1.807) is 0 Å². The van der Waals surface area contributed by atoms with E-state index in [9.17, 15) is 24.2 Å². The lowest BCUT2D eigenvalue weighted by Gasteiger charge is -2.24. The fourth-order valence-electron chi connectivity index (χ4n) is 5.28. The standard InChI is InChI=1S/C50H82NO9P/c1-6-7-8-9-10-11-12-13-14-15-16-17-20-24-27-30-33-36-39-42-50(54)60-48(46-59-61(55,56)58-44-43-51(3,4)5)45-57-49(53)41-38-35-32-29-26-23-21-18-19-22-25-28-31-34-37-40-47(2)52/h7-8,10-11,13-14,16-17,19,21-24,27-29,31-32,47-48,52H,6,9,12,15,18,20,25-26,30,33-46H2,1-5H3/p+1/b8-7-,11-10-,14-13-,17-16-,22-19-,23-21-,27-24-,31-28-,32-29-/t47-,48-/m1/s1. The molecular formula is C50H83NO9P+. The Hall–Kier alpha value is -3.37. The maximum Gasteiger partial charge on any atom is 0.472 e. The molecule has 0 saturated heterocycles. The molecule has 0 amide bonds. The molecule has 3 atom stereocenters. The lowest BCUT2D eigenvalue weighted by Crippen LogP contribution is -2.37. The molecule has 0 aliphatic heterocycles. The Morgan fingerprint density at radius 2 is 1.02 bits per heavy atom.